The fourth-order valence-electron chi connectivity index (χ4n) is 7.32. The monoisotopic (exact) mass is 655 g/mol. The third-order valence-corrected chi connectivity index (χ3v) is 9.73. The van der Waals surface area contributed by atoms with Crippen LogP contribution in [0.4, 0.5) is 0 Å². The number of nitrogens with zero attached hydrogens (tertiary/aromatic N) is 3. The van der Waals surface area contributed by atoms with Crippen molar-refractivity contribution in [2.75, 3.05) is 0 Å². The zero-order valence-electron chi connectivity index (χ0n) is 27.0. The third-order valence-electron chi connectivity index (χ3n) is 9.73. The highest BCUT2D eigenvalue weighted by Gasteiger charge is 2.19. The van der Waals surface area contributed by atoms with E-state index in [1.807, 2.05) is 91.0 Å². The van der Waals surface area contributed by atoms with Crippen molar-refractivity contribution in [3.8, 4) is 45.3 Å². The molecule has 0 saturated heterocycles. The highest BCUT2D eigenvalue weighted by Crippen LogP contribution is 2.39. The molecule has 0 atom stereocenters. The number of benzene rings is 7. The Hall–Kier alpha value is -7.05. The highest BCUT2D eigenvalue weighted by atomic mass is 16.3. The molecule has 0 N–H and O–H groups in total. The molecule has 6 nitrogen and oxygen atoms in total. The Balaban J connectivity index is 1.07. The van der Waals surface area contributed by atoms with E-state index in [1.54, 1.807) is 0 Å². The Bertz CT molecular complexity index is 3150. The van der Waals surface area contributed by atoms with Crippen molar-refractivity contribution in [1.82, 2.24) is 15.0 Å². The van der Waals surface area contributed by atoms with Crippen LogP contribution in [0.15, 0.2) is 165 Å². The average molecular weight is 656 g/mol. The van der Waals surface area contributed by atoms with Crippen molar-refractivity contribution in [2.45, 2.75) is 0 Å². The molecule has 0 saturated carbocycles. The molecule has 4 aromatic heterocycles. The van der Waals surface area contributed by atoms with E-state index in [-0.39, 0.29) is 0 Å². The zero-order valence-corrected chi connectivity index (χ0v) is 27.0. The van der Waals surface area contributed by atoms with Crippen molar-refractivity contribution in [1.29, 1.82) is 0 Å². The van der Waals surface area contributed by atoms with E-state index in [1.165, 1.54) is 0 Å². The van der Waals surface area contributed by atoms with E-state index >= 15 is 0 Å². The summed E-state index contributed by atoms with van der Waals surface area (Å²) in [4.78, 5) is 15.2. The molecule has 0 fully saturated rings. The number of aromatic nitrogens is 3. The quantitative estimate of drug-likeness (QED) is 0.188. The van der Waals surface area contributed by atoms with Crippen LogP contribution in [-0.2, 0) is 0 Å². The van der Waals surface area contributed by atoms with Crippen LogP contribution in [-0.4, -0.2) is 15.0 Å². The molecule has 238 valence electrons. The first kappa shape index (κ1) is 27.9. The van der Waals surface area contributed by atoms with Gasteiger partial charge in [-0.05, 0) is 53.6 Å². The van der Waals surface area contributed by atoms with Gasteiger partial charge in [-0.2, -0.15) is 0 Å². The highest BCUT2D eigenvalue weighted by molar-refractivity contribution is 6.16. The number of para-hydroxylation sites is 2. The molecule has 11 rings (SSSR count). The first-order chi connectivity index (χ1) is 25.2. The summed E-state index contributed by atoms with van der Waals surface area (Å²) in [6.45, 7) is 0. The number of furan rings is 3. The molecule has 7 aromatic carbocycles. The van der Waals surface area contributed by atoms with Gasteiger partial charge in [-0.1, -0.05) is 103 Å². The average Bonchev–Trinajstić information content (AvgIpc) is 3.87. The number of hydrogen-bond acceptors (Lipinski definition) is 6. The topological polar surface area (TPSA) is 78.1 Å². The molecule has 0 aliphatic heterocycles. The van der Waals surface area contributed by atoms with Crippen molar-refractivity contribution in [2.24, 2.45) is 0 Å². The molecule has 4 heterocycles. The van der Waals surface area contributed by atoms with E-state index < -0.39 is 0 Å². The fourth-order valence-corrected chi connectivity index (χ4v) is 7.32. The Morgan fingerprint density at radius 3 is 1.69 bits per heavy atom. The second-order valence-corrected chi connectivity index (χ2v) is 12.8. The summed E-state index contributed by atoms with van der Waals surface area (Å²) in [6, 6.07) is 51.2. The fraction of sp³-hybridized carbons (Fsp3) is 0. The number of rotatable bonds is 4. The van der Waals surface area contributed by atoms with Gasteiger partial charge in [-0.15, -0.1) is 0 Å². The maximum absolute atomic E-state index is 6.31. The molecular formula is C45H25N3O3. The van der Waals surface area contributed by atoms with Gasteiger partial charge in [0.05, 0.1) is 0 Å². The van der Waals surface area contributed by atoms with Gasteiger partial charge in [0.2, 0.25) is 0 Å². The second kappa shape index (κ2) is 10.7. The third kappa shape index (κ3) is 4.40. The lowest BCUT2D eigenvalue weighted by Gasteiger charge is -2.10. The minimum absolute atomic E-state index is 0.589. The summed E-state index contributed by atoms with van der Waals surface area (Å²) in [5.74, 6) is 1.79. The van der Waals surface area contributed by atoms with Gasteiger partial charge in [-0.25, -0.2) is 15.0 Å². The lowest BCUT2D eigenvalue weighted by Crippen LogP contribution is -2.00. The van der Waals surface area contributed by atoms with E-state index in [0.717, 1.165) is 93.6 Å². The first-order valence-corrected chi connectivity index (χ1v) is 16.8. The van der Waals surface area contributed by atoms with Gasteiger partial charge < -0.3 is 13.3 Å². The molecule has 0 aliphatic carbocycles. The SMILES string of the molecule is c1ccc(-c2nc(-c3cccc(-c4ccc5oc6cc7oc8ccccc8c7cc6c5c4)c3)nc(-c3cccc4oc5ccccc5c34)n2)cc1. The predicted octanol–water partition coefficient (Wildman–Crippen LogP) is 12.2. The van der Waals surface area contributed by atoms with Gasteiger partial charge in [0.15, 0.2) is 17.5 Å². The van der Waals surface area contributed by atoms with Crippen LogP contribution < -0.4 is 0 Å². The van der Waals surface area contributed by atoms with E-state index in [2.05, 4.69) is 60.7 Å². The van der Waals surface area contributed by atoms with Crippen LogP contribution in [0.2, 0.25) is 0 Å². The standard InChI is InChI=1S/C45H25N3O3/c1-2-10-26(11-3-1)43-46-44(48-45(47-43)32-16-9-19-39-42(32)31-15-5-7-18-37(31)49-39)29-13-8-12-27(22-29)28-20-21-38-33(23-28)35-24-34-30-14-4-6-17-36(30)50-40(34)25-41(35)51-38/h1-25H. The Labute approximate surface area is 290 Å². The molecule has 0 spiro atoms. The van der Waals surface area contributed by atoms with Crippen molar-refractivity contribution >= 4 is 65.8 Å². The molecule has 0 unspecified atom stereocenters. The molecule has 0 radical (unpaired) electrons. The molecule has 0 bridgehead atoms. The molecule has 11 aromatic rings. The molecule has 0 aliphatic rings. The molecule has 6 heteroatoms. The summed E-state index contributed by atoms with van der Waals surface area (Å²) < 4.78 is 18.7. The Morgan fingerprint density at radius 1 is 0.294 bits per heavy atom. The summed E-state index contributed by atoms with van der Waals surface area (Å²) in [5.41, 5.74) is 9.76. The first-order valence-electron chi connectivity index (χ1n) is 16.8. The minimum atomic E-state index is 0.589. The van der Waals surface area contributed by atoms with Crippen LogP contribution in [0.3, 0.4) is 0 Å². The maximum atomic E-state index is 6.31. The van der Waals surface area contributed by atoms with E-state index in [4.69, 9.17) is 28.2 Å². The smallest absolute Gasteiger partial charge is 0.164 e. The minimum Gasteiger partial charge on any atom is -0.456 e. The van der Waals surface area contributed by atoms with Crippen molar-refractivity contribution in [3.63, 3.8) is 0 Å². The van der Waals surface area contributed by atoms with Crippen LogP contribution in [0.1, 0.15) is 0 Å². The van der Waals surface area contributed by atoms with Gasteiger partial charge in [-0.3, -0.25) is 0 Å². The normalized spacial score (nSPS) is 11.9. The Kier molecular flexibility index (Phi) is 5.86. The summed E-state index contributed by atoms with van der Waals surface area (Å²) >= 11 is 0. The van der Waals surface area contributed by atoms with Gasteiger partial charge in [0.1, 0.15) is 33.5 Å². The van der Waals surface area contributed by atoms with Crippen molar-refractivity contribution in [3.05, 3.63) is 152 Å². The van der Waals surface area contributed by atoms with Crippen LogP contribution in [0.25, 0.3) is 111 Å². The van der Waals surface area contributed by atoms with Gasteiger partial charge in [0, 0.05) is 55.1 Å². The van der Waals surface area contributed by atoms with Gasteiger partial charge >= 0.3 is 0 Å². The predicted molar refractivity (Wildman–Crippen MR) is 203 cm³/mol. The molecule has 0 amide bonds. The second-order valence-electron chi connectivity index (χ2n) is 12.8. The van der Waals surface area contributed by atoms with Crippen LogP contribution >= 0.6 is 0 Å². The van der Waals surface area contributed by atoms with Crippen LogP contribution in [0.5, 0.6) is 0 Å². The van der Waals surface area contributed by atoms with E-state index in [0.29, 0.717) is 17.5 Å². The lowest BCUT2D eigenvalue weighted by molar-refractivity contribution is 0.656. The summed E-state index contributed by atoms with van der Waals surface area (Å²) in [6.07, 6.45) is 0. The summed E-state index contributed by atoms with van der Waals surface area (Å²) in [7, 11) is 0. The van der Waals surface area contributed by atoms with Crippen molar-refractivity contribution < 1.29 is 13.3 Å². The van der Waals surface area contributed by atoms with Gasteiger partial charge in [0.25, 0.3) is 0 Å². The summed E-state index contributed by atoms with van der Waals surface area (Å²) in [5, 5.41) is 6.28. The largest absolute Gasteiger partial charge is 0.456 e. The molecular weight excluding hydrogens is 631 g/mol. The lowest BCUT2D eigenvalue weighted by atomic mass is 10.00. The maximum Gasteiger partial charge on any atom is 0.164 e. The van der Waals surface area contributed by atoms with Crippen LogP contribution in [0, 0.1) is 0 Å². The number of hydrogen-bond donors (Lipinski definition) is 0. The zero-order chi connectivity index (χ0) is 33.5. The Morgan fingerprint density at radius 2 is 0.843 bits per heavy atom. The molecule has 51 heavy (non-hydrogen) atoms. The van der Waals surface area contributed by atoms with E-state index in [9.17, 15) is 0 Å². The number of fused-ring (bicyclic) bond motifs is 9.